The Morgan fingerprint density at radius 3 is 0.747 bits per heavy atom. The number of carbonyl (C=O) groups is 3. The number of rotatable bonds is 64. The first kappa shape index (κ1) is 79.1. The van der Waals surface area contributed by atoms with Crippen LogP contribution >= 0.6 is 0 Å². The van der Waals surface area contributed by atoms with E-state index in [2.05, 4.69) is 130 Å². The van der Waals surface area contributed by atoms with Gasteiger partial charge < -0.3 is 14.2 Å². The van der Waals surface area contributed by atoms with Crippen LogP contribution in [0.3, 0.4) is 0 Å². The molecule has 0 aliphatic carbocycles. The summed E-state index contributed by atoms with van der Waals surface area (Å²) in [4.78, 5) is 38.4. The van der Waals surface area contributed by atoms with Crippen LogP contribution in [0.15, 0.2) is 109 Å². The summed E-state index contributed by atoms with van der Waals surface area (Å²) in [7, 11) is 0. The minimum Gasteiger partial charge on any atom is -0.462 e. The lowest BCUT2D eigenvalue weighted by Gasteiger charge is -2.18. The smallest absolute Gasteiger partial charge is 0.306 e. The summed E-state index contributed by atoms with van der Waals surface area (Å²) in [5, 5.41) is 0. The highest BCUT2D eigenvalue weighted by molar-refractivity contribution is 5.71. The van der Waals surface area contributed by atoms with Gasteiger partial charge in [-0.15, -0.1) is 0 Å². The van der Waals surface area contributed by atoms with Crippen molar-refractivity contribution in [3.05, 3.63) is 109 Å². The van der Waals surface area contributed by atoms with Crippen LogP contribution < -0.4 is 0 Å². The van der Waals surface area contributed by atoms with Crippen LogP contribution in [0.5, 0.6) is 0 Å². The molecule has 0 aliphatic rings. The second kappa shape index (κ2) is 70.6. The monoisotopic (exact) mass is 1150 g/mol. The molecule has 83 heavy (non-hydrogen) atoms. The Hall–Kier alpha value is -3.93. The third-order valence-electron chi connectivity index (χ3n) is 15.3. The predicted molar refractivity (Wildman–Crippen MR) is 362 cm³/mol. The zero-order valence-corrected chi connectivity index (χ0v) is 54.7. The van der Waals surface area contributed by atoms with E-state index in [9.17, 15) is 14.4 Å². The van der Waals surface area contributed by atoms with Gasteiger partial charge in [0.1, 0.15) is 13.2 Å². The topological polar surface area (TPSA) is 78.9 Å². The number of hydrogen-bond acceptors (Lipinski definition) is 6. The summed E-state index contributed by atoms with van der Waals surface area (Å²) in [6.45, 7) is 6.54. The van der Waals surface area contributed by atoms with Crippen molar-refractivity contribution in [3.63, 3.8) is 0 Å². The highest BCUT2D eigenvalue weighted by atomic mass is 16.6. The first-order chi connectivity index (χ1) is 41.0. The summed E-state index contributed by atoms with van der Waals surface area (Å²) < 4.78 is 17.0. The van der Waals surface area contributed by atoms with Crippen LogP contribution in [0, 0.1) is 0 Å². The maximum absolute atomic E-state index is 12.9. The summed E-state index contributed by atoms with van der Waals surface area (Å²) in [5.41, 5.74) is 0. The Kier molecular flexibility index (Phi) is 67.2. The van der Waals surface area contributed by atoms with E-state index in [4.69, 9.17) is 14.2 Å². The largest absolute Gasteiger partial charge is 0.462 e. The number of unbranched alkanes of at least 4 members (excludes halogenated alkanes) is 35. The number of esters is 3. The molecule has 0 aliphatic heterocycles. The van der Waals surface area contributed by atoms with Gasteiger partial charge in [0.25, 0.3) is 0 Å². The minimum absolute atomic E-state index is 0.0815. The normalized spacial score (nSPS) is 12.8. The third kappa shape index (κ3) is 68.7. The fourth-order valence-electron chi connectivity index (χ4n) is 9.99. The van der Waals surface area contributed by atoms with E-state index in [1.165, 1.54) is 180 Å². The maximum Gasteiger partial charge on any atom is 0.306 e. The number of carbonyl (C=O) groups excluding carboxylic acids is 3. The zero-order valence-electron chi connectivity index (χ0n) is 54.7. The molecule has 1 atom stereocenters. The van der Waals surface area contributed by atoms with Crippen molar-refractivity contribution in [1.29, 1.82) is 0 Å². The van der Waals surface area contributed by atoms with Gasteiger partial charge in [0.15, 0.2) is 6.10 Å². The Labute approximate surface area is 514 Å². The Bertz CT molecular complexity index is 1660. The van der Waals surface area contributed by atoms with E-state index in [1.807, 2.05) is 0 Å². The minimum atomic E-state index is -0.785. The first-order valence-corrected chi connectivity index (χ1v) is 35.4. The number of ether oxygens (including phenoxy) is 3. The van der Waals surface area contributed by atoms with Gasteiger partial charge in [-0.25, -0.2) is 0 Å². The summed E-state index contributed by atoms with van der Waals surface area (Å²) in [6.07, 6.45) is 96.8. The lowest BCUT2D eigenvalue weighted by molar-refractivity contribution is -0.167. The van der Waals surface area contributed by atoms with E-state index < -0.39 is 6.10 Å². The van der Waals surface area contributed by atoms with Gasteiger partial charge in [-0.1, -0.05) is 323 Å². The van der Waals surface area contributed by atoms with Gasteiger partial charge in [-0.05, 0) is 109 Å². The van der Waals surface area contributed by atoms with Gasteiger partial charge in [0.2, 0.25) is 0 Å². The molecule has 0 heterocycles. The third-order valence-corrected chi connectivity index (χ3v) is 15.3. The van der Waals surface area contributed by atoms with Crippen LogP contribution in [-0.4, -0.2) is 37.2 Å². The molecule has 1 unspecified atom stereocenters. The van der Waals surface area contributed by atoms with E-state index >= 15 is 0 Å². The predicted octanol–water partition coefficient (Wildman–Crippen LogP) is 24.6. The van der Waals surface area contributed by atoms with Crippen LogP contribution in [-0.2, 0) is 28.6 Å². The van der Waals surface area contributed by atoms with Gasteiger partial charge >= 0.3 is 17.9 Å². The van der Waals surface area contributed by atoms with E-state index in [0.717, 1.165) is 122 Å². The average Bonchev–Trinajstić information content (AvgIpc) is 3.49. The van der Waals surface area contributed by atoms with E-state index in [1.54, 1.807) is 0 Å². The van der Waals surface area contributed by atoms with Crippen molar-refractivity contribution in [2.45, 2.75) is 348 Å². The first-order valence-electron chi connectivity index (χ1n) is 35.4. The highest BCUT2D eigenvalue weighted by Gasteiger charge is 2.19. The van der Waals surface area contributed by atoms with Crippen molar-refractivity contribution in [2.75, 3.05) is 13.2 Å². The molecule has 0 spiro atoms. The van der Waals surface area contributed by atoms with Gasteiger partial charge in [-0.3, -0.25) is 14.4 Å². The van der Waals surface area contributed by atoms with Gasteiger partial charge in [-0.2, -0.15) is 0 Å². The Morgan fingerprint density at radius 2 is 0.470 bits per heavy atom. The number of hydrogen-bond donors (Lipinski definition) is 0. The molecule has 0 N–H and O–H groups in total. The molecular formula is C77H132O6. The summed E-state index contributed by atoms with van der Waals surface area (Å²) >= 11 is 0. The SMILES string of the molecule is CC/C=C\C/C=C\C/C=C\C/C=C\C/C=C\C/C=C\C/C=C\C/C=C\CCCCCCCCCCC(=O)OCC(COC(=O)CCCCCCC/C=C\CCCCCCC)OC(=O)CCCCCCCCCCCCCCCCCCCC. The molecule has 0 aromatic heterocycles. The van der Waals surface area contributed by atoms with Crippen LogP contribution in [0.4, 0.5) is 0 Å². The van der Waals surface area contributed by atoms with Crippen molar-refractivity contribution < 1.29 is 28.6 Å². The Balaban J connectivity index is 4.29. The van der Waals surface area contributed by atoms with Crippen molar-refractivity contribution in [2.24, 2.45) is 0 Å². The number of allylic oxidation sites excluding steroid dienone is 18. The quantitative estimate of drug-likeness (QED) is 0.0261. The molecule has 6 nitrogen and oxygen atoms in total. The standard InChI is InChI=1S/C77H132O6/c1-4-7-10-13-16-19-22-25-28-30-32-33-34-35-36-37-38-39-40-41-42-43-44-45-46-48-49-52-55-58-61-64-67-70-76(79)82-73-74(72-81-75(78)69-66-63-60-57-54-51-27-24-21-18-15-12-9-6-3)83-77(80)71-68-65-62-59-56-53-50-47-31-29-26-23-20-17-14-11-8-5-2/h7,10,16,19,24-25,27-28,32-33,35-36,38-39,41-42,44-45,74H,4-6,8-9,11-15,17-18,20-23,26,29-31,34,37,40,43,46-73H2,1-3H3/b10-7-,19-16-,27-24-,28-25-,33-32-,36-35-,39-38-,42-41-,45-44-. The average molecular weight is 1150 g/mol. The van der Waals surface area contributed by atoms with Crippen LogP contribution in [0.2, 0.25) is 0 Å². The molecular weight excluding hydrogens is 1020 g/mol. The molecule has 0 aromatic carbocycles. The second-order valence-electron chi connectivity index (χ2n) is 23.4. The van der Waals surface area contributed by atoms with Crippen LogP contribution in [0.25, 0.3) is 0 Å². The molecule has 0 rings (SSSR count). The van der Waals surface area contributed by atoms with Crippen molar-refractivity contribution in [1.82, 2.24) is 0 Å². The van der Waals surface area contributed by atoms with Crippen molar-refractivity contribution >= 4 is 17.9 Å². The summed E-state index contributed by atoms with van der Waals surface area (Å²) in [6, 6.07) is 0. The summed E-state index contributed by atoms with van der Waals surface area (Å²) in [5.74, 6) is -0.882. The molecule has 6 heteroatoms. The molecule has 0 radical (unpaired) electrons. The lowest BCUT2D eigenvalue weighted by Crippen LogP contribution is -2.30. The van der Waals surface area contributed by atoms with Crippen LogP contribution in [0.1, 0.15) is 342 Å². The fourth-order valence-corrected chi connectivity index (χ4v) is 9.99. The molecule has 0 bridgehead atoms. The Morgan fingerprint density at radius 1 is 0.253 bits per heavy atom. The molecule has 0 saturated heterocycles. The molecule has 0 aromatic rings. The van der Waals surface area contributed by atoms with Gasteiger partial charge in [0.05, 0.1) is 0 Å². The lowest BCUT2D eigenvalue weighted by atomic mass is 10.0. The molecule has 476 valence electrons. The molecule has 0 amide bonds. The van der Waals surface area contributed by atoms with E-state index in [0.29, 0.717) is 19.3 Å². The maximum atomic E-state index is 12.9. The highest BCUT2D eigenvalue weighted by Crippen LogP contribution is 2.17. The van der Waals surface area contributed by atoms with Gasteiger partial charge in [0, 0.05) is 19.3 Å². The fraction of sp³-hybridized carbons (Fsp3) is 0.727. The van der Waals surface area contributed by atoms with E-state index in [-0.39, 0.29) is 31.1 Å². The molecule has 0 fully saturated rings. The molecule has 0 saturated carbocycles. The second-order valence-corrected chi connectivity index (χ2v) is 23.4. The van der Waals surface area contributed by atoms with Crippen molar-refractivity contribution in [3.8, 4) is 0 Å². The zero-order chi connectivity index (χ0) is 59.9.